The van der Waals surface area contributed by atoms with E-state index in [0.717, 1.165) is 23.6 Å². The van der Waals surface area contributed by atoms with E-state index in [-0.39, 0.29) is 5.54 Å². The van der Waals surface area contributed by atoms with Crippen molar-refractivity contribution in [2.45, 2.75) is 38.1 Å². The lowest BCUT2D eigenvalue weighted by molar-refractivity contribution is 0.206. The normalized spacial score (nSPS) is 22.9. The van der Waals surface area contributed by atoms with Gasteiger partial charge in [-0.25, -0.2) is 0 Å². The highest BCUT2D eigenvalue weighted by Gasteiger charge is 2.34. The van der Waals surface area contributed by atoms with Gasteiger partial charge in [0.2, 0.25) is 5.89 Å². The lowest BCUT2D eigenvalue weighted by Crippen LogP contribution is -2.43. The molecule has 4 nitrogen and oxygen atoms in total. The van der Waals surface area contributed by atoms with Crippen LogP contribution in [0, 0.1) is 0 Å². The Bertz CT molecular complexity index is 590. The number of nitrogens with one attached hydrogen (secondary N) is 1. The van der Waals surface area contributed by atoms with E-state index in [4.69, 9.17) is 16.1 Å². The molecule has 106 valence electrons. The van der Waals surface area contributed by atoms with Gasteiger partial charge in [0.25, 0.3) is 0 Å². The second-order valence-electron chi connectivity index (χ2n) is 5.54. The number of hydrogen-bond acceptors (Lipinski definition) is 4. The molecule has 1 aromatic heterocycles. The first-order valence-corrected chi connectivity index (χ1v) is 7.36. The number of halogens is 1. The van der Waals surface area contributed by atoms with Crippen molar-refractivity contribution in [3.05, 3.63) is 46.6 Å². The fourth-order valence-electron chi connectivity index (χ4n) is 2.62. The molecule has 0 radical (unpaired) electrons. The largest absolute Gasteiger partial charge is 0.337 e. The van der Waals surface area contributed by atoms with Crippen LogP contribution < -0.4 is 5.32 Å². The maximum Gasteiger partial charge on any atom is 0.246 e. The van der Waals surface area contributed by atoms with E-state index in [9.17, 15) is 0 Å². The van der Waals surface area contributed by atoms with E-state index < -0.39 is 0 Å². The van der Waals surface area contributed by atoms with Crippen molar-refractivity contribution in [1.82, 2.24) is 15.5 Å². The number of aromatic nitrogens is 2. The summed E-state index contributed by atoms with van der Waals surface area (Å²) in [5, 5.41) is 8.30. The molecule has 1 saturated heterocycles. The second-order valence-corrected chi connectivity index (χ2v) is 5.97. The van der Waals surface area contributed by atoms with Crippen LogP contribution in [0.5, 0.6) is 0 Å². The van der Waals surface area contributed by atoms with Crippen molar-refractivity contribution in [3.63, 3.8) is 0 Å². The Hall–Kier alpha value is -1.39. The third-order valence-corrected chi connectivity index (χ3v) is 4.05. The van der Waals surface area contributed by atoms with Gasteiger partial charge in [-0.15, -0.1) is 0 Å². The van der Waals surface area contributed by atoms with Crippen LogP contribution in [0.3, 0.4) is 0 Å². The molecule has 0 aliphatic carbocycles. The first kappa shape index (κ1) is 13.6. The maximum atomic E-state index is 5.99. The number of nitrogens with zero attached hydrogens (tertiary/aromatic N) is 2. The summed E-state index contributed by atoms with van der Waals surface area (Å²) in [6.07, 6.45) is 4.07. The molecule has 2 heterocycles. The Morgan fingerprint density at radius 3 is 3.05 bits per heavy atom. The van der Waals surface area contributed by atoms with E-state index >= 15 is 0 Å². The van der Waals surface area contributed by atoms with Gasteiger partial charge >= 0.3 is 0 Å². The van der Waals surface area contributed by atoms with Gasteiger partial charge in [-0.3, -0.25) is 0 Å². The molecule has 5 heteroatoms. The van der Waals surface area contributed by atoms with Crippen LogP contribution in [0.2, 0.25) is 5.02 Å². The summed E-state index contributed by atoms with van der Waals surface area (Å²) in [7, 11) is 0. The second kappa shape index (κ2) is 5.54. The van der Waals surface area contributed by atoms with Crippen LogP contribution in [0.25, 0.3) is 0 Å². The molecule has 3 rings (SSSR count). The molecule has 20 heavy (non-hydrogen) atoms. The van der Waals surface area contributed by atoms with Gasteiger partial charge in [-0.1, -0.05) is 28.9 Å². The molecule has 0 spiro atoms. The maximum absolute atomic E-state index is 5.99. The molecule has 1 atom stereocenters. The van der Waals surface area contributed by atoms with Crippen molar-refractivity contribution in [2.75, 3.05) is 6.54 Å². The van der Waals surface area contributed by atoms with Gasteiger partial charge in [0.05, 0.1) is 5.54 Å². The SMILES string of the molecule is CC1(c2nc(Cc3cccc(Cl)c3)no2)CCCCN1. The highest BCUT2D eigenvalue weighted by atomic mass is 35.5. The molecular formula is C15H18ClN3O. The summed E-state index contributed by atoms with van der Waals surface area (Å²) in [4.78, 5) is 4.55. The number of benzene rings is 1. The molecule has 1 aliphatic heterocycles. The Kier molecular flexibility index (Phi) is 3.76. The lowest BCUT2D eigenvalue weighted by atomic mass is 9.91. The Balaban J connectivity index is 1.76. The minimum atomic E-state index is -0.183. The standard InChI is InChI=1S/C15H18ClN3O/c1-15(7-2-3-8-17-15)14-18-13(19-20-14)10-11-5-4-6-12(16)9-11/h4-6,9,17H,2-3,7-8,10H2,1H3. The molecule has 2 aromatic rings. The highest BCUT2D eigenvalue weighted by molar-refractivity contribution is 6.30. The fourth-order valence-corrected chi connectivity index (χ4v) is 2.83. The molecule has 0 bridgehead atoms. The molecule has 1 unspecified atom stereocenters. The smallest absolute Gasteiger partial charge is 0.246 e. The average Bonchev–Trinajstić information content (AvgIpc) is 2.89. The van der Waals surface area contributed by atoms with E-state index in [2.05, 4.69) is 22.4 Å². The molecular weight excluding hydrogens is 274 g/mol. The molecule has 0 saturated carbocycles. The third-order valence-electron chi connectivity index (χ3n) is 3.81. The summed E-state index contributed by atoms with van der Waals surface area (Å²) in [5.74, 6) is 1.39. The van der Waals surface area contributed by atoms with Gasteiger partial charge in [0.1, 0.15) is 0 Å². The van der Waals surface area contributed by atoms with Gasteiger partial charge in [-0.05, 0) is 50.4 Å². The molecule has 0 amide bonds. The van der Waals surface area contributed by atoms with Gasteiger partial charge in [-0.2, -0.15) is 4.98 Å². The minimum Gasteiger partial charge on any atom is -0.337 e. The summed E-state index contributed by atoms with van der Waals surface area (Å²) in [6.45, 7) is 3.13. The van der Waals surface area contributed by atoms with Gasteiger partial charge in [0, 0.05) is 11.4 Å². The van der Waals surface area contributed by atoms with E-state index in [0.29, 0.717) is 18.1 Å². The number of rotatable bonds is 3. The molecule has 1 N–H and O–H groups in total. The van der Waals surface area contributed by atoms with Crippen LogP contribution >= 0.6 is 11.6 Å². The zero-order chi connectivity index (χ0) is 14.0. The van der Waals surface area contributed by atoms with E-state index in [1.54, 1.807) is 0 Å². The fraction of sp³-hybridized carbons (Fsp3) is 0.467. The van der Waals surface area contributed by atoms with E-state index in [1.807, 2.05) is 24.3 Å². The zero-order valence-electron chi connectivity index (χ0n) is 11.5. The van der Waals surface area contributed by atoms with Crippen LogP contribution in [-0.2, 0) is 12.0 Å². The first-order valence-electron chi connectivity index (χ1n) is 6.98. The lowest BCUT2D eigenvalue weighted by Gasteiger charge is -2.31. The summed E-state index contributed by atoms with van der Waals surface area (Å²) < 4.78 is 5.45. The predicted octanol–water partition coefficient (Wildman–Crippen LogP) is 3.30. The van der Waals surface area contributed by atoms with E-state index in [1.165, 1.54) is 12.8 Å². The first-order chi connectivity index (χ1) is 9.66. The minimum absolute atomic E-state index is 0.183. The Morgan fingerprint density at radius 1 is 1.40 bits per heavy atom. The van der Waals surface area contributed by atoms with Gasteiger partial charge in [0.15, 0.2) is 5.82 Å². The molecule has 1 aliphatic rings. The molecule has 1 aromatic carbocycles. The van der Waals surface area contributed by atoms with Gasteiger partial charge < -0.3 is 9.84 Å². The third kappa shape index (κ3) is 2.86. The monoisotopic (exact) mass is 291 g/mol. The number of hydrogen-bond donors (Lipinski definition) is 1. The van der Waals surface area contributed by atoms with Crippen molar-refractivity contribution in [1.29, 1.82) is 0 Å². The summed E-state index contributed by atoms with van der Waals surface area (Å²) in [6, 6.07) is 7.74. The zero-order valence-corrected chi connectivity index (χ0v) is 12.3. The quantitative estimate of drug-likeness (QED) is 0.943. The van der Waals surface area contributed by atoms with Crippen LogP contribution in [0.15, 0.2) is 28.8 Å². The van der Waals surface area contributed by atoms with Crippen molar-refractivity contribution in [2.24, 2.45) is 0 Å². The predicted molar refractivity (Wildman–Crippen MR) is 77.8 cm³/mol. The van der Waals surface area contributed by atoms with Crippen molar-refractivity contribution < 1.29 is 4.52 Å². The van der Waals surface area contributed by atoms with Crippen molar-refractivity contribution in [3.8, 4) is 0 Å². The van der Waals surface area contributed by atoms with Crippen molar-refractivity contribution >= 4 is 11.6 Å². The van der Waals surface area contributed by atoms with Crippen LogP contribution in [0.4, 0.5) is 0 Å². The highest BCUT2D eigenvalue weighted by Crippen LogP contribution is 2.28. The number of piperidine rings is 1. The summed E-state index contributed by atoms with van der Waals surface area (Å²) >= 11 is 5.99. The average molecular weight is 292 g/mol. The van der Waals surface area contributed by atoms with Crippen LogP contribution in [0.1, 0.15) is 43.5 Å². The van der Waals surface area contributed by atoms with Crippen LogP contribution in [-0.4, -0.2) is 16.7 Å². The molecule has 1 fully saturated rings. The summed E-state index contributed by atoms with van der Waals surface area (Å²) in [5.41, 5.74) is 0.907. The Morgan fingerprint density at radius 2 is 2.30 bits per heavy atom. The Labute approximate surface area is 123 Å². The topological polar surface area (TPSA) is 51.0 Å².